The molecule has 7 heteroatoms. The van der Waals surface area contributed by atoms with Crippen LogP contribution in [-0.4, -0.2) is 65.0 Å². The van der Waals surface area contributed by atoms with Crippen molar-refractivity contribution in [3.8, 4) is 0 Å². The minimum Gasteiger partial charge on any atom is -0.336 e. The quantitative estimate of drug-likeness (QED) is 0.895. The fourth-order valence-electron chi connectivity index (χ4n) is 3.62. The Balaban J connectivity index is 1.51. The van der Waals surface area contributed by atoms with Crippen LogP contribution in [0.5, 0.6) is 0 Å². The topological polar surface area (TPSA) is 55.9 Å². The van der Waals surface area contributed by atoms with Gasteiger partial charge in [-0.2, -0.15) is 0 Å². The number of carbonyl (C=O) groups excluding carboxylic acids is 2. The first kappa shape index (κ1) is 18.5. The number of urea groups is 2. The molecule has 2 heterocycles. The van der Waals surface area contributed by atoms with Gasteiger partial charge in [-0.25, -0.2) is 14.0 Å². The van der Waals surface area contributed by atoms with E-state index in [0.29, 0.717) is 32.7 Å². The molecule has 3 rings (SSSR count). The number of nitrogens with one attached hydrogen (secondary N) is 1. The molecule has 2 fully saturated rings. The number of piperidine rings is 1. The minimum atomic E-state index is -0.267. The van der Waals surface area contributed by atoms with Crippen molar-refractivity contribution >= 4 is 12.1 Å². The molecule has 0 atom stereocenters. The van der Waals surface area contributed by atoms with Crippen LogP contribution in [0.25, 0.3) is 0 Å². The lowest BCUT2D eigenvalue weighted by Gasteiger charge is -2.36. The second-order valence-electron chi connectivity index (χ2n) is 7.35. The summed E-state index contributed by atoms with van der Waals surface area (Å²) in [6, 6.07) is 6.61. The number of carbonyl (C=O) groups is 2. The Kier molecular flexibility index (Phi) is 5.64. The van der Waals surface area contributed by atoms with Crippen molar-refractivity contribution in [1.82, 2.24) is 20.0 Å². The summed E-state index contributed by atoms with van der Waals surface area (Å²) in [7, 11) is 0. The van der Waals surface area contributed by atoms with Gasteiger partial charge in [-0.3, -0.25) is 0 Å². The smallest absolute Gasteiger partial charge is 0.320 e. The molecule has 26 heavy (non-hydrogen) atoms. The molecule has 1 aromatic rings. The SMILES string of the molecule is CC(C)NC(=O)N1CCC(N2CCN(Cc3ccc(F)cc3)C2=O)CC1. The van der Waals surface area contributed by atoms with E-state index in [0.717, 1.165) is 18.4 Å². The first-order valence-electron chi connectivity index (χ1n) is 9.29. The molecule has 0 aromatic heterocycles. The maximum absolute atomic E-state index is 13.0. The van der Waals surface area contributed by atoms with Crippen molar-refractivity contribution in [3.63, 3.8) is 0 Å². The van der Waals surface area contributed by atoms with E-state index in [1.54, 1.807) is 12.1 Å². The third-order valence-electron chi connectivity index (χ3n) is 5.02. The molecule has 1 N–H and O–H groups in total. The highest BCUT2D eigenvalue weighted by atomic mass is 19.1. The van der Waals surface area contributed by atoms with Crippen LogP contribution in [-0.2, 0) is 6.54 Å². The van der Waals surface area contributed by atoms with Gasteiger partial charge in [0.2, 0.25) is 0 Å². The van der Waals surface area contributed by atoms with Gasteiger partial charge in [0.25, 0.3) is 0 Å². The van der Waals surface area contributed by atoms with E-state index in [2.05, 4.69) is 5.32 Å². The largest absolute Gasteiger partial charge is 0.336 e. The van der Waals surface area contributed by atoms with Crippen molar-refractivity contribution in [3.05, 3.63) is 35.6 Å². The highest BCUT2D eigenvalue weighted by Gasteiger charge is 2.35. The Bertz CT molecular complexity index is 641. The second-order valence-corrected chi connectivity index (χ2v) is 7.35. The summed E-state index contributed by atoms with van der Waals surface area (Å²) in [5, 5.41) is 2.92. The molecule has 2 aliphatic rings. The van der Waals surface area contributed by atoms with Gasteiger partial charge < -0.3 is 20.0 Å². The number of halogens is 1. The van der Waals surface area contributed by atoms with Crippen LogP contribution in [0.3, 0.4) is 0 Å². The van der Waals surface area contributed by atoms with Crippen LogP contribution >= 0.6 is 0 Å². The molecule has 0 spiro atoms. The molecule has 2 aliphatic heterocycles. The molecule has 0 aliphatic carbocycles. The number of amides is 4. The molecule has 142 valence electrons. The van der Waals surface area contributed by atoms with Crippen molar-refractivity contribution in [2.45, 2.75) is 45.3 Å². The standard InChI is InChI=1S/C19H27FN4O2/c1-14(2)21-18(25)22-9-7-17(8-10-22)24-12-11-23(19(24)26)13-15-3-5-16(20)6-4-15/h3-6,14,17H,7-13H2,1-2H3,(H,21,25). The zero-order chi connectivity index (χ0) is 18.7. The average molecular weight is 362 g/mol. The number of benzene rings is 1. The van der Waals surface area contributed by atoms with Gasteiger partial charge in [0.15, 0.2) is 0 Å². The highest BCUT2D eigenvalue weighted by molar-refractivity contribution is 5.77. The molecule has 6 nitrogen and oxygen atoms in total. The molecule has 4 amide bonds. The van der Waals surface area contributed by atoms with E-state index < -0.39 is 0 Å². The van der Waals surface area contributed by atoms with Gasteiger partial charge in [-0.15, -0.1) is 0 Å². The molecular formula is C19H27FN4O2. The predicted molar refractivity (Wildman–Crippen MR) is 97.2 cm³/mol. The summed E-state index contributed by atoms with van der Waals surface area (Å²) in [4.78, 5) is 30.4. The minimum absolute atomic E-state index is 0.0239. The third-order valence-corrected chi connectivity index (χ3v) is 5.02. The second kappa shape index (κ2) is 7.93. The van der Waals surface area contributed by atoms with Crippen LogP contribution in [0.1, 0.15) is 32.3 Å². The fourth-order valence-corrected chi connectivity index (χ4v) is 3.62. The van der Waals surface area contributed by atoms with Crippen molar-refractivity contribution in [2.75, 3.05) is 26.2 Å². The van der Waals surface area contributed by atoms with Crippen LogP contribution in [0.2, 0.25) is 0 Å². The highest BCUT2D eigenvalue weighted by Crippen LogP contribution is 2.23. The molecular weight excluding hydrogens is 335 g/mol. The number of likely N-dealkylation sites (tertiary alicyclic amines) is 1. The van der Waals surface area contributed by atoms with Crippen LogP contribution in [0, 0.1) is 5.82 Å². The number of nitrogens with zero attached hydrogens (tertiary/aromatic N) is 3. The summed E-state index contributed by atoms with van der Waals surface area (Å²) in [6.45, 7) is 7.14. The van der Waals surface area contributed by atoms with E-state index in [1.807, 2.05) is 28.5 Å². The maximum atomic E-state index is 13.0. The maximum Gasteiger partial charge on any atom is 0.320 e. The van der Waals surface area contributed by atoms with Crippen molar-refractivity contribution in [2.24, 2.45) is 0 Å². The summed E-state index contributed by atoms with van der Waals surface area (Å²) >= 11 is 0. The average Bonchev–Trinajstić information content (AvgIpc) is 2.97. The van der Waals surface area contributed by atoms with E-state index >= 15 is 0 Å². The zero-order valence-electron chi connectivity index (χ0n) is 15.4. The lowest BCUT2D eigenvalue weighted by atomic mass is 10.0. The van der Waals surface area contributed by atoms with E-state index in [9.17, 15) is 14.0 Å². The third kappa shape index (κ3) is 4.26. The zero-order valence-corrected chi connectivity index (χ0v) is 15.4. The Morgan fingerprint density at radius 1 is 1.15 bits per heavy atom. The molecule has 0 radical (unpaired) electrons. The molecule has 0 bridgehead atoms. The van der Waals surface area contributed by atoms with Crippen LogP contribution in [0.4, 0.5) is 14.0 Å². The van der Waals surface area contributed by atoms with Crippen molar-refractivity contribution in [1.29, 1.82) is 0 Å². The summed E-state index contributed by atoms with van der Waals surface area (Å²) in [5.41, 5.74) is 0.932. The number of hydrogen-bond donors (Lipinski definition) is 1. The van der Waals surface area contributed by atoms with E-state index in [-0.39, 0.29) is 30.0 Å². The Hall–Kier alpha value is -2.31. The molecule has 2 saturated heterocycles. The first-order valence-corrected chi connectivity index (χ1v) is 9.29. The lowest BCUT2D eigenvalue weighted by molar-refractivity contribution is 0.134. The summed E-state index contributed by atoms with van der Waals surface area (Å²) in [5.74, 6) is -0.267. The van der Waals surface area contributed by atoms with Crippen LogP contribution in [0.15, 0.2) is 24.3 Å². The molecule has 0 unspecified atom stereocenters. The van der Waals surface area contributed by atoms with E-state index in [4.69, 9.17) is 0 Å². The fraction of sp³-hybridized carbons (Fsp3) is 0.579. The summed E-state index contributed by atoms with van der Waals surface area (Å²) in [6.07, 6.45) is 1.61. The summed E-state index contributed by atoms with van der Waals surface area (Å²) < 4.78 is 13.0. The molecule has 1 aromatic carbocycles. The normalized spacial score (nSPS) is 18.8. The van der Waals surface area contributed by atoms with Gasteiger partial charge >= 0.3 is 12.1 Å². The van der Waals surface area contributed by atoms with Gasteiger partial charge in [0.05, 0.1) is 0 Å². The van der Waals surface area contributed by atoms with E-state index in [1.165, 1.54) is 12.1 Å². The molecule has 0 saturated carbocycles. The Morgan fingerprint density at radius 3 is 2.42 bits per heavy atom. The Labute approximate surface area is 153 Å². The van der Waals surface area contributed by atoms with Gasteiger partial charge in [0.1, 0.15) is 5.82 Å². The van der Waals surface area contributed by atoms with Gasteiger partial charge in [-0.1, -0.05) is 12.1 Å². The number of rotatable bonds is 4. The van der Waals surface area contributed by atoms with Crippen molar-refractivity contribution < 1.29 is 14.0 Å². The predicted octanol–water partition coefficient (Wildman–Crippen LogP) is 2.65. The first-order chi connectivity index (χ1) is 12.4. The van der Waals surface area contributed by atoms with Gasteiger partial charge in [0, 0.05) is 44.8 Å². The van der Waals surface area contributed by atoms with Gasteiger partial charge in [-0.05, 0) is 44.4 Å². The number of hydrogen-bond acceptors (Lipinski definition) is 2. The lowest BCUT2D eigenvalue weighted by Crippen LogP contribution is -2.51. The van der Waals surface area contributed by atoms with Crippen LogP contribution < -0.4 is 5.32 Å². The monoisotopic (exact) mass is 362 g/mol. The Morgan fingerprint density at radius 2 is 1.81 bits per heavy atom.